The number of rotatable bonds is 20. The molecule has 0 aromatic heterocycles. The predicted octanol–water partition coefficient (Wildman–Crippen LogP) is 3.46. The minimum absolute atomic E-state index is 0.00199. The van der Waals surface area contributed by atoms with Crippen molar-refractivity contribution < 1.29 is 56.9 Å². The van der Waals surface area contributed by atoms with Crippen LogP contribution in [0.1, 0.15) is 47.5 Å². The number of carbonyl (C=O) groups excluding carboxylic acids is 1. The van der Waals surface area contributed by atoms with Crippen LogP contribution in [-0.2, 0) is 56.9 Å². The van der Waals surface area contributed by atoms with E-state index in [0.29, 0.717) is 0 Å². The van der Waals surface area contributed by atoms with Gasteiger partial charge in [0.2, 0.25) is 5.52 Å². The lowest BCUT2D eigenvalue weighted by Crippen LogP contribution is -2.33. The molecule has 13 nitrogen and oxygen atoms in total. The number of esters is 1. The minimum atomic E-state index is -4.49. The van der Waals surface area contributed by atoms with Gasteiger partial charge in [-0.2, -0.15) is 0 Å². The zero-order valence-electron chi connectivity index (χ0n) is 18.0. The van der Waals surface area contributed by atoms with Crippen LogP contribution in [0.5, 0.6) is 0 Å². The number of hydrogen-bond donors (Lipinski definition) is 1. The van der Waals surface area contributed by atoms with Gasteiger partial charge in [0.25, 0.3) is 0 Å². The molecule has 0 spiro atoms. The van der Waals surface area contributed by atoms with Gasteiger partial charge in [-0.05, 0) is 47.6 Å². The fourth-order valence-electron chi connectivity index (χ4n) is 1.79. The number of carbonyl (C=O) groups is 1. The van der Waals surface area contributed by atoms with E-state index < -0.39 is 26.7 Å². The summed E-state index contributed by atoms with van der Waals surface area (Å²) < 4.78 is 51.0. The average molecular weight is 481 g/mol. The van der Waals surface area contributed by atoms with Gasteiger partial charge in [0.1, 0.15) is 0 Å². The molecule has 0 fully saturated rings. The molecule has 1 N–H and O–H groups in total. The molecular formula is C15H33NO12P2. The van der Waals surface area contributed by atoms with Crippen LogP contribution in [0.15, 0.2) is 0 Å². The summed E-state index contributed by atoms with van der Waals surface area (Å²) in [5.41, 5.74) is -1.77. The van der Waals surface area contributed by atoms with E-state index in [2.05, 4.69) is 5.32 Å². The average Bonchev–Trinajstić information content (AvgIpc) is 2.73. The number of hydrogen-bond acceptors (Lipinski definition) is 13. The van der Waals surface area contributed by atoms with E-state index in [1.165, 1.54) is 0 Å². The smallest absolute Gasteiger partial charge is 0.413 e. The second kappa shape index (κ2) is 17.2. The monoisotopic (exact) mass is 481 g/mol. The molecule has 0 aliphatic heterocycles. The maximum absolute atomic E-state index is 13.3. The van der Waals surface area contributed by atoms with Crippen LogP contribution in [0.25, 0.3) is 0 Å². The van der Waals surface area contributed by atoms with Gasteiger partial charge in [0.15, 0.2) is 0 Å². The lowest BCUT2D eigenvalue weighted by atomic mass is 10.3. The Bertz CT molecular complexity index is 492. The Morgan fingerprint density at radius 1 is 0.733 bits per heavy atom. The molecule has 0 aromatic rings. The van der Waals surface area contributed by atoms with Crippen molar-refractivity contribution in [2.24, 2.45) is 0 Å². The van der Waals surface area contributed by atoms with Gasteiger partial charge in [-0.15, -0.1) is 18.7 Å². The van der Waals surface area contributed by atoms with Crippen LogP contribution in [0.2, 0.25) is 0 Å². The lowest BCUT2D eigenvalue weighted by molar-refractivity contribution is -0.272. The van der Waals surface area contributed by atoms with Crippen molar-refractivity contribution in [3.8, 4) is 0 Å². The maximum atomic E-state index is 13.3. The van der Waals surface area contributed by atoms with Crippen molar-refractivity contribution in [3.05, 3.63) is 0 Å². The van der Waals surface area contributed by atoms with Crippen LogP contribution in [0.3, 0.4) is 0 Å². The molecule has 0 aliphatic carbocycles. The van der Waals surface area contributed by atoms with Gasteiger partial charge in [0.05, 0.1) is 33.0 Å². The highest BCUT2D eigenvalue weighted by Gasteiger charge is 2.55. The van der Waals surface area contributed by atoms with Crippen LogP contribution >= 0.6 is 15.2 Å². The fraction of sp³-hybridized carbons (Fsp3) is 0.933. The molecule has 15 heteroatoms. The third-order valence-electron chi connectivity index (χ3n) is 2.89. The molecular weight excluding hydrogens is 448 g/mol. The SMILES string of the molecule is CCOOP(=O)(OOCC)C(NCCCC(=O)OCC)P(=O)(OOCC)OOCC. The second-order valence-corrected chi connectivity index (χ2v) is 9.44. The first kappa shape index (κ1) is 29.6. The van der Waals surface area contributed by atoms with Crippen molar-refractivity contribution in [3.63, 3.8) is 0 Å². The third-order valence-corrected chi connectivity index (χ3v) is 7.40. The Kier molecular flexibility index (Phi) is 16.9. The van der Waals surface area contributed by atoms with Gasteiger partial charge in [-0.25, -0.2) is 19.6 Å². The van der Waals surface area contributed by atoms with Gasteiger partial charge in [-0.3, -0.25) is 19.2 Å². The lowest BCUT2D eigenvalue weighted by Gasteiger charge is -2.29. The molecule has 0 heterocycles. The van der Waals surface area contributed by atoms with Crippen molar-refractivity contribution >= 4 is 21.2 Å². The van der Waals surface area contributed by atoms with E-state index in [1.807, 2.05) is 0 Å². The quantitative estimate of drug-likeness (QED) is 0.0891. The Morgan fingerprint density at radius 3 is 1.47 bits per heavy atom. The molecule has 0 unspecified atom stereocenters. The topological polar surface area (TPSA) is 146 Å². The maximum Gasteiger partial charge on any atom is 0.413 e. The minimum Gasteiger partial charge on any atom is -0.466 e. The highest BCUT2D eigenvalue weighted by molar-refractivity contribution is 7.72. The van der Waals surface area contributed by atoms with Crippen LogP contribution < -0.4 is 5.32 Å². The molecule has 0 aromatic carbocycles. The third kappa shape index (κ3) is 11.3. The first-order valence-corrected chi connectivity index (χ1v) is 12.9. The summed E-state index contributed by atoms with van der Waals surface area (Å²) in [6, 6.07) is 0. The molecule has 0 aliphatic rings. The Hall–Kier alpha value is -0.430. The molecule has 0 saturated carbocycles. The largest absolute Gasteiger partial charge is 0.466 e. The zero-order valence-corrected chi connectivity index (χ0v) is 19.8. The van der Waals surface area contributed by atoms with Crippen LogP contribution in [0, 0.1) is 0 Å². The summed E-state index contributed by atoms with van der Waals surface area (Å²) in [6.45, 7) is 8.22. The molecule has 0 amide bonds. The van der Waals surface area contributed by atoms with E-state index in [0.717, 1.165) is 0 Å². The van der Waals surface area contributed by atoms with Crippen molar-refractivity contribution in [1.82, 2.24) is 5.32 Å². The molecule has 0 bridgehead atoms. The zero-order chi connectivity index (χ0) is 22.9. The number of ether oxygens (including phenoxy) is 1. The van der Waals surface area contributed by atoms with Crippen LogP contribution in [0.4, 0.5) is 0 Å². The second-order valence-electron chi connectivity index (χ2n) is 5.24. The molecule has 0 rings (SSSR count). The summed E-state index contributed by atoms with van der Waals surface area (Å²) >= 11 is 0. The van der Waals surface area contributed by atoms with Crippen molar-refractivity contribution in [2.75, 3.05) is 39.6 Å². The highest BCUT2D eigenvalue weighted by Crippen LogP contribution is 2.69. The van der Waals surface area contributed by atoms with E-state index >= 15 is 0 Å². The predicted molar refractivity (Wildman–Crippen MR) is 104 cm³/mol. The molecule has 0 atom stereocenters. The van der Waals surface area contributed by atoms with E-state index in [-0.39, 0.29) is 52.4 Å². The number of nitrogens with one attached hydrogen (secondary N) is 1. The Labute approximate surface area is 176 Å². The highest BCUT2D eigenvalue weighted by atomic mass is 31.2. The van der Waals surface area contributed by atoms with E-state index in [9.17, 15) is 13.9 Å². The standard InChI is InChI=1S/C15H33NO12P2/c1-6-20-14(17)12-11-13-16-15(29(18,25-21-7-2)26-22-8-3)30(19,27-23-9-4)28-24-10-5/h15-16H,6-13H2,1-5H3. The Morgan fingerprint density at radius 2 is 1.13 bits per heavy atom. The molecule has 30 heavy (non-hydrogen) atoms. The molecule has 180 valence electrons. The van der Waals surface area contributed by atoms with Crippen LogP contribution in [-0.4, -0.2) is 51.1 Å². The first-order chi connectivity index (χ1) is 14.3. The van der Waals surface area contributed by atoms with Gasteiger partial charge in [0, 0.05) is 6.42 Å². The normalized spacial score (nSPS) is 12.5. The van der Waals surface area contributed by atoms with E-state index in [1.54, 1.807) is 34.6 Å². The summed E-state index contributed by atoms with van der Waals surface area (Å²) in [4.78, 5) is 30.6. The van der Waals surface area contributed by atoms with Crippen molar-refractivity contribution in [2.45, 2.75) is 53.0 Å². The Balaban J connectivity index is 5.66. The summed E-state index contributed by atoms with van der Waals surface area (Å²) in [6.07, 6.45) is 0.293. The summed E-state index contributed by atoms with van der Waals surface area (Å²) in [7, 11) is -8.97. The fourth-order valence-corrected chi connectivity index (χ4v) is 5.72. The van der Waals surface area contributed by atoms with Gasteiger partial charge < -0.3 is 4.74 Å². The summed E-state index contributed by atoms with van der Waals surface area (Å²) in [5, 5.41) is 2.68. The van der Waals surface area contributed by atoms with Gasteiger partial charge >= 0.3 is 21.2 Å². The molecule has 0 radical (unpaired) electrons. The first-order valence-electron chi connectivity index (χ1n) is 9.66. The van der Waals surface area contributed by atoms with E-state index in [4.69, 9.17) is 43.0 Å². The van der Waals surface area contributed by atoms with Gasteiger partial charge in [-0.1, -0.05) is 0 Å². The van der Waals surface area contributed by atoms with Crippen molar-refractivity contribution in [1.29, 1.82) is 0 Å². The molecule has 0 saturated heterocycles. The summed E-state index contributed by atoms with van der Waals surface area (Å²) in [5.74, 6) is -0.422.